The van der Waals surface area contributed by atoms with Crippen LogP contribution in [0.4, 0.5) is 0 Å². The molecule has 0 heterocycles. The number of benzene rings is 1. The van der Waals surface area contributed by atoms with Crippen molar-refractivity contribution in [3.8, 4) is 11.5 Å². The lowest BCUT2D eigenvalue weighted by molar-refractivity contribution is -0.143. The van der Waals surface area contributed by atoms with E-state index in [9.17, 15) is 14.4 Å². The van der Waals surface area contributed by atoms with Gasteiger partial charge in [-0.05, 0) is 63.6 Å². The molecular formula is C23H34O6. The van der Waals surface area contributed by atoms with Gasteiger partial charge in [0.1, 0.15) is 17.3 Å². The molecule has 0 bridgehead atoms. The molecule has 1 aromatic carbocycles. The van der Waals surface area contributed by atoms with Crippen molar-refractivity contribution in [2.24, 2.45) is 0 Å². The molecule has 0 radical (unpaired) electrons. The Morgan fingerprint density at radius 3 is 2.10 bits per heavy atom. The molecule has 6 nitrogen and oxygen atoms in total. The van der Waals surface area contributed by atoms with E-state index >= 15 is 0 Å². The summed E-state index contributed by atoms with van der Waals surface area (Å²) in [5.41, 5.74) is 3.48. The predicted octanol–water partition coefficient (Wildman–Crippen LogP) is 4.56. The maximum absolute atomic E-state index is 11.9. The summed E-state index contributed by atoms with van der Waals surface area (Å²) in [6.45, 7) is 11.6. The lowest BCUT2D eigenvalue weighted by Crippen LogP contribution is -2.12. The fourth-order valence-corrected chi connectivity index (χ4v) is 3.17. The van der Waals surface area contributed by atoms with Gasteiger partial charge in [-0.15, -0.1) is 0 Å². The number of carbonyl (C=O) groups is 3. The molecule has 0 fully saturated rings. The summed E-state index contributed by atoms with van der Waals surface area (Å²) in [4.78, 5) is 34.8. The van der Waals surface area contributed by atoms with E-state index in [-0.39, 0.29) is 17.7 Å². The van der Waals surface area contributed by atoms with E-state index < -0.39 is 0 Å². The highest BCUT2D eigenvalue weighted by Crippen LogP contribution is 2.39. The molecule has 0 aliphatic rings. The monoisotopic (exact) mass is 406 g/mol. The van der Waals surface area contributed by atoms with E-state index in [1.54, 1.807) is 6.92 Å². The minimum Gasteiger partial charge on any atom is -0.493 e. The fourth-order valence-electron chi connectivity index (χ4n) is 3.17. The van der Waals surface area contributed by atoms with E-state index in [1.165, 1.54) is 6.92 Å². The van der Waals surface area contributed by atoms with Crippen molar-refractivity contribution in [2.75, 3.05) is 13.2 Å². The van der Waals surface area contributed by atoms with Gasteiger partial charge in [0.25, 0.3) is 0 Å². The second-order valence-electron chi connectivity index (χ2n) is 7.11. The number of ketones is 1. The van der Waals surface area contributed by atoms with Gasteiger partial charge in [-0.2, -0.15) is 0 Å². The van der Waals surface area contributed by atoms with Gasteiger partial charge in [-0.3, -0.25) is 14.4 Å². The molecule has 29 heavy (non-hydrogen) atoms. The molecule has 0 spiro atoms. The molecule has 0 saturated heterocycles. The highest BCUT2D eigenvalue weighted by atomic mass is 16.5. The van der Waals surface area contributed by atoms with Crippen molar-refractivity contribution in [1.82, 2.24) is 0 Å². The standard InChI is InChI=1S/C23H34O6/c1-7-19(25)12-13-20-17(5)22(29-18(6)24)15(3)16(4)23(20)28-14-10-9-11-21(26)27-8-2/h7-14H2,1-6H3. The molecule has 0 aliphatic carbocycles. The van der Waals surface area contributed by atoms with E-state index in [0.717, 1.165) is 34.4 Å². The molecule has 0 atom stereocenters. The summed E-state index contributed by atoms with van der Waals surface area (Å²) < 4.78 is 16.5. The summed E-state index contributed by atoms with van der Waals surface area (Å²) in [7, 11) is 0. The maximum Gasteiger partial charge on any atom is 0.308 e. The maximum atomic E-state index is 11.9. The zero-order valence-corrected chi connectivity index (χ0v) is 18.6. The van der Waals surface area contributed by atoms with Crippen LogP contribution in [0, 0.1) is 20.8 Å². The van der Waals surface area contributed by atoms with Crippen LogP contribution in [0.15, 0.2) is 0 Å². The Morgan fingerprint density at radius 2 is 1.52 bits per heavy atom. The number of Topliss-reactive ketones (excluding diaryl/α,β-unsaturated/α-hetero) is 1. The Bertz CT molecular complexity index is 736. The molecule has 0 unspecified atom stereocenters. The molecule has 0 amide bonds. The van der Waals surface area contributed by atoms with Crippen molar-refractivity contribution < 1.29 is 28.6 Å². The first-order chi connectivity index (χ1) is 13.7. The van der Waals surface area contributed by atoms with Gasteiger partial charge < -0.3 is 14.2 Å². The minimum absolute atomic E-state index is 0.178. The van der Waals surface area contributed by atoms with Gasteiger partial charge in [-0.25, -0.2) is 0 Å². The van der Waals surface area contributed by atoms with E-state index in [2.05, 4.69) is 0 Å². The average molecular weight is 407 g/mol. The molecule has 162 valence electrons. The highest BCUT2D eigenvalue weighted by Gasteiger charge is 2.21. The van der Waals surface area contributed by atoms with Crippen LogP contribution in [0.25, 0.3) is 0 Å². The van der Waals surface area contributed by atoms with Crippen molar-refractivity contribution in [1.29, 1.82) is 0 Å². The number of carbonyl (C=O) groups excluding carboxylic acids is 3. The van der Waals surface area contributed by atoms with Crippen LogP contribution in [0.5, 0.6) is 11.5 Å². The zero-order valence-electron chi connectivity index (χ0n) is 18.6. The first kappa shape index (κ1) is 24.7. The number of hydrogen-bond donors (Lipinski definition) is 0. The van der Waals surface area contributed by atoms with Gasteiger partial charge in [0.15, 0.2) is 0 Å². The lowest BCUT2D eigenvalue weighted by Gasteiger charge is -2.22. The van der Waals surface area contributed by atoms with Crippen LogP contribution in [-0.4, -0.2) is 30.9 Å². The predicted molar refractivity (Wildman–Crippen MR) is 112 cm³/mol. The SMILES string of the molecule is CCOC(=O)CCCCOc1c(C)c(C)c(OC(C)=O)c(C)c1CCC(=O)CC. The summed E-state index contributed by atoms with van der Waals surface area (Å²) in [5.74, 6) is 0.898. The summed E-state index contributed by atoms with van der Waals surface area (Å²) in [5, 5.41) is 0. The Kier molecular flexibility index (Phi) is 10.4. The number of ether oxygens (including phenoxy) is 3. The van der Waals surface area contributed by atoms with E-state index in [0.29, 0.717) is 51.1 Å². The topological polar surface area (TPSA) is 78.9 Å². The normalized spacial score (nSPS) is 10.6. The van der Waals surface area contributed by atoms with Gasteiger partial charge >= 0.3 is 11.9 Å². The van der Waals surface area contributed by atoms with Crippen LogP contribution in [0.3, 0.4) is 0 Å². The van der Waals surface area contributed by atoms with Crippen molar-refractivity contribution in [2.45, 2.75) is 80.1 Å². The Morgan fingerprint density at radius 1 is 0.862 bits per heavy atom. The quantitative estimate of drug-likeness (QED) is 0.288. The second kappa shape index (κ2) is 12.2. The molecule has 6 heteroatoms. The number of hydrogen-bond acceptors (Lipinski definition) is 6. The lowest BCUT2D eigenvalue weighted by atomic mass is 9.93. The Balaban J connectivity index is 3.01. The van der Waals surface area contributed by atoms with Crippen LogP contribution >= 0.6 is 0 Å². The third-order valence-electron chi connectivity index (χ3n) is 4.93. The van der Waals surface area contributed by atoms with Crippen LogP contribution in [0.2, 0.25) is 0 Å². The molecule has 1 aromatic rings. The van der Waals surface area contributed by atoms with E-state index in [1.807, 2.05) is 27.7 Å². The number of esters is 2. The number of unbranched alkanes of at least 4 members (excludes halogenated alkanes) is 1. The van der Waals surface area contributed by atoms with Crippen LogP contribution in [0.1, 0.15) is 75.1 Å². The molecule has 0 aliphatic heterocycles. The van der Waals surface area contributed by atoms with Gasteiger partial charge in [0.2, 0.25) is 0 Å². The summed E-state index contributed by atoms with van der Waals surface area (Å²) in [6, 6.07) is 0. The second-order valence-corrected chi connectivity index (χ2v) is 7.11. The smallest absolute Gasteiger partial charge is 0.308 e. The average Bonchev–Trinajstić information content (AvgIpc) is 2.67. The summed E-state index contributed by atoms with van der Waals surface area (Å²) in [6.07, 6.45) is 3.22. The summed E-state index contributed by atoms with van der Waals surface area (Å²) >= 11 is 0. The molecule has 0 aromatic heterocycles. The van der Waals surface area contributed by atoms with E-state index in [4.69, 9.17) is 14.2 Å². The first-order valence-electron chi connectivity index (χ1n) is 10.3. The third kappa shape index (κ3) is 7.52. The van der Waals surface area contributed by atoms with Crippen LogP contribution < -0.4 is 9.47 Å². The molecule has 1 rings (SSSR count). The van der Waals surface area contributed by atoms with Crippen LogP contribution in [-0.2, 0) is 25.5 Å². The largest absolute Gasteiger partial charge is 0.493 e. The van der Waals surface area contributed by atoms with Crippen molar-refractivity contribution in [3.63, 3.8) is 0 Å². The van der Waals surface area contributed by atoms with Crippen molar-refractivity contribution in [3.05, 3.63) is 22.3 Å². The van der Waals surface area contributed by atoms with Gasteiger partial charge in [-0.1, -0.05) is 6.92 Å². The zero-order chi connectivity index (χ0) is 22.0. The van der Waals surface area contributed by atoms with Gasteiger partial charge in [0, 0.05) is 31.7 Å². The minimum atomic E-state index is -0.376. The highest BCUT2D eigenvalue weighted by molar-refractivity contribution is 5.78. The first-order valence-corrected chi connectivity index (χ1v) is 10.3. The Labute approximate surface area is 173 Å². The Hall–Kier alpha value is -2.37. The third-order valence-corrected chi connectivity index (χ3v) is 4.93. The molecular weight excluding hydrogens is 372 g/mol. The van der Waals surface area contributed by atoms with Crippen molar-refractivity contribution >= 4 is 17.7 Å². The molecule has 0 N–H and O–H groups in total. The molecule has 0 saturated carbocycles. The number of rotatable bonds is 12. The van der Waals surface area contributed by atoms with Gasteiger partial charge in [0.05, 0.1) is 13.2 Å². The fraction of sp³-hybridized carbons (Fsp3) is 0.609.